The summed E-state index contributed by atoms with van der Waals surface area (Å²) in [5, 5.41) is 0. The summed E-state index contributed by atoms with van der Waals surface area (Å²) in [7, 11) is 0. The van der Waals surface area contributed by atoms with Crippen LogP contribution >= 0.6 is 0 Å². The summed E-state index contributed by atoms with van der Waals surface area (Å²) in [4.78, 5) is 10.4. The predicted octanol–water partition coefficient (Wildman–Crippen LogP) is 11.1. The summed E-state index contributed by atoms with van der Waals surface area (Å²) in [6.45, 7) is 47.9. The van der Waals surface area contributed by atoms with Crippen molar-refractivity contribution in [3.05, 3.63) is 0 Å². The van der Waals surface area contributed by atoms with E-state index in [2.05, 4.69) is 130 Å². The first-order chi connectivity index (χ1) is 22.4. The minimum Gasteiger partial charge on any atom is -0.301 e. The average Bonchev–Trinajstić information content (AvgIpc) is 3.41. The molecular formula is C44H92N4. The van der Waals surface area contributed by atoms with Crippen LogP contribution in [-0.4, -0.2) is 96.1 Å². The number of piperidine rings is 2. The van der Waals surface area contributed by atoms with Crippen LogP contribution in [0.25, 0.3) is 0 Å². The van der Waals surface area contributed by atoms with Crippen LogP contribution in [0.2, 0.25) is 0 Å². The molecule has 4 aliphatic rings. The van der Waals surface area contributed by atoms with Gasteiger partial charge in [0, 0.05) is 37.3 Å². The topological polar surface area (TPSA) is 13.0 Å². The van der Waals surface area contributed by atoms with Crippen LogP contribution < -0.4 is 0 Å². The van der Waals surface area contributed by atoms with Crippen molar-refractivity contribution in [1.82, 2.24) is 19.6 Å². The second kappa shape index (κ2) is 24.2. The molecule has 0 bridgehead atoms. The van der Waals surface area contributed by atoms with Gasteiger partial charge in [-0.15, -0.1) is 0 Å². The lowest BCUT2D eigenvalue weighted by molar-refractivity contribution is 0.117. The van der Waals surface area contributed by atoms with Crippen molar-refractivity contribution < 1.29 is 0 Å². The number of nitrogens with zero attached hydrogens (tertiary/aromatic N) is 4. The van der Waals surface area contributed by atoms with Gasteiger partial charge in [-0.3, -0.25) is 0 Å². The molecule has 4 heterocycles. The summed E-state index contributed by atoms with van der Waals surface area (Å²) in [6, 6.07) is 2.98. The molecule has 0 aliphatic carbocycles. The molecule has 4 saturated heterocycles. The van der Waals surface area contributed by atoms with Crippen LogP contribution in [0.1, 0.15) is 162 Å². The molecule has 0 spiro atoms. The fourth-order valence-corrected chi connectivity index (χ4v) is 8.31. The highest BCUT2D eigenvalue weighted by Crippen LogP contribution is 2.27. The Morgan fingerprint density at radius 1 is 0.292 bits per heavy atom. The van der Waals surface area contributed by atoms with Crippen molar-refractivity contribution in [2.45, 2.75) is 186 Å². The van der Waals surface area contributed by atoms with E-state index >= 15 is 0 Å². The van der Waals surface area contributed by atoms with Gasteiger partial charge in [0.25, 0.3) is 0 Å². The Morgan fingerprint density at radius 2 is 0.542 bits per heavy atom. The largest absolute Gasteiger partial charge is 0.301 e. The van der Waals surface area contributed by atoms with Crippen LogP contribution in [-0.2, 0) is 0 Å². The molecule has 0 aromatic carbocycles. The molecule has 4 fully saturated rings. The average molecular weight is 677 g/mol. The molecule has 3 unspecified atom stereocenters. The monoisotopic (exact) mass is 677 g/mol. The number of hydrogen-bond acceptors (Lipinski definition) is 4. The van der Waals surface area contributed by atoms with Crippen LogP contribution in [0.5, 0.6) is 0 Å². The molecule has 4 heteroatoms. The minimum absolute atomic E-state index is 0.742. The zero-order valence-corrected chi connectivity index (χ0v) is 36.0. The fourth-order valence-electron chi connectivity index (χ4n) is 8.31. The lowest BCUT2D eigenvalue weighted by Gasteiger charge is -2.37. The Labute approximate surface area is 304 Å². The lowest BCUT2D eigenvalue weighted by atomic mass is 9.86. The van der Waals surface area contributed by atoms with Gasteiger partial charge in [0.15, 0.2) is 0 Å². The SMILES string of the molecule is CC(C)C1CCCN(C(C)C)C1.CC(C)C1CCCN(C(C)C)CC1.CC(C)C1CCN(C(C)C)C1.CC(C)C1CCN(C(C)C)CC1. The Kier molecular flexibility index (Phi) is 23.1. The standard InChI is InChI=1S/C12H25N.2C11H23N.C10H21N/c1-10(2)12-6-5-8-13(9-7-12)11(3)4;1-9(2)11-5-7-12(8-6-11)10(3)4;1-9(2)11-6-5-7-12(8-11)10(3)4;1-8(2)10-5-6-11(7-10)9(3)4/h10-12H,5-9H2,1-4H3;2*9-11H,5-8H2,1-4H3;8-10H,5-7H2,1-4H3. The van der Waals surface area contributed by atoms with Gasteiger partial charge in [-0.2, -0.15) is 0 Å². The van der Waals surface area contributed by atoms with E-state index in [4.69, 9.17) is 0 Å². The van der Waals surface area contributed by atoms with E-state index in [1.807, 2.05) is 0 Å². The number of rotatable bonds is 8. The van der Waals surface area contributed by atoms with E-state index in [0.717, 1.165) is 71.5 Å². The van der Waals surface area contributed by atoms with Crippen molar-refractivity contribution >= 4 is 0 Å². The van der Waals surface area contributed by atoms with Gasteiger partial charge in [0.2, 0.25) is 0 Å². The zero-order chi connectivity index (χ0) is 36.6. The molecule has 4 rings (SSSR count). The number of likely N-dealkylation sites (tertiary alicyclic amines) is 4. The predicted molar refractivity (Wildman–Crippen MR) is 217 cm³/mol. The minimum atomic E-state index is 0.742. The van der Waals surface area contributed by atoms with Crippen molar-refractivity contribution in [3.8, 4) is 0 Å². The summed E-state index contributed by atoms with van der Waals surface area (Å²) >= 11 is 0. The smallest absolute Gasteiger partial charge is 0.00387 e. The third-order valence-corrected chi connectivity index (χ3v) is 12.8. The molecule has 0 aromatic rings. The van der Waals surface area contributed by atoms with Crippen molar-refractivity contribution in [3.63, 3.8) is 0 Å². The van der Waals surface area contributed by atoms with E-state index in [1.54, 1.807) is 0 Å². The van der Waals surface area contributed by atoms with Gasteiger partial charge in [0.1, 0.15) is 0 Å². The van der Waals surface area contributed by atoms with Crippen molar-refractivity contribution in [2.75, 3.05) is 52.4 Å². The highest BCUT2D eigenvalue weighted by Gasteiger charge is 2.26. The Bertz CT molecular complexity index is 704. The van der Waals surface area contributed by atoms with E-state index in [1.165, 1.54) is 104 Å². The quantitative estimate of drug-likeness (QED) is 0.254. The third-order valence-electron chi connectivity index (χ3n) is 12.8. The summed E-state index contributed by atoms with van der Waals surface area (Å²) < 4.78 is 0. The number of hydrogen-bond donors (Lipinski definition) is 0. The highest BCUT2D eigenvalue weighted by atomic mass is 15.2. The van der Waals surface area contributed by atoms with Crippen molar-refractivity contribution in [2.24, 2.45) is 47.3 Å². The summed E-state index contributed by atoms with van der Waals surface area (Å²) in [5.41, 5.74) is 0. The van der Waals surface area contributed by atoms with Gasteiger partial charge in [-0.05, 0) is 193 Å². The van der Waals surface area contributed by atoms with E-state index in [9.17, 15) is 0 Å². The first-order valence-electron chi connectivity index (χ1n) is 21.4. The third kappa shape index (κ3) is 17.9. The van der Waals surface area contributed by atoms with Gasteiger partial charge in [-0.25, -0.2) is 0 Å². The normalized spacial score (nSPS) is 25.9. The fraction of sp³-hybridized carbons (Fsp3) is 1.00. The molecule has 4 aliphatic heterocycles. The zero-order valence-electron chi connectivity index (χ0n) is 36.0. The van der Waals surface area contributed by atoms with Crippen LogP contribution in [0.15, 0.2) is 0 Å². The van der Waals surface area contributed by atoms with Crippen molar-refractivity contribution in [1.29, 1.82) is 0 Å². The van der Waals surface area contributed by atoms with Crippen LogP contribution in [0.3, 0.4) is 0 Å². The first-order valence-corrected chi connectivity index (χ1v) is 21.4. The van der Waals surface area contributed by atoms with Crippen LogP contribution in [0.4, 0.5) is 0 Å². The Morgan fingerprint density at radius 3 is 0.875 bits per heavy atom. The molecule has 0 N–H and O–H groups in total. The second-order valence-electron chi connectivity index (χ2n) is 18.9. The molecule has 0 radical (unpaired) electrons. The molecular weight excluding hydrogens is 585 g/mol. The molecule has 48 heavy (non-hydrogen) atoms. The summed E-state index contributed by atoms with van der Waals surface area (Å²) in [6.07, 6.45) is 11.3. The second-order valence-corrected chi connectivity index (χ2v) is 18.9. The maximum atomic E-state index is 2.63. The van der Waals surface area contributed by atoms with Gasteiger partial charge in [-0.1, -0.05) is 55.4 Å². The van der Waals surface area contributed by atoms with E-state index in [-0.39, 0.29) is 0 Å². The Hall–Kier alpha value is -0.160. The van der Waals surface area contributed by atoms with E-state index < -0.39 is 0 Å². The molecule has 3 atom stereocenters. The molecule has 0 amide bonds. The highest BCUT2D eigenvalue weighted by molar-refractivity contribution is 4.80. The molecule has 0 saturated carbocycles. The molecule has 4 nitrogen and oxygen atoms in total. The van der Waals surface area contributed by atoms with Crippen LogP contribution in [0, 0.1) is 47.3 Å². The maximum absolute atomic E-state index is 2.63. The maximum Gasteiger partial charge on any atom is 0.00387 e. The van der Waals surface area contributed by atoms with Gasteiger partial charge >= 0.3 is 0 Å². The molecule has 288 valence electrons. The first kappa shape index (κ1) is 45.9. The van der Waals surface area contributed by atoms with Gasteiger partial charge < -0.3 is 19.6 Å². The summed E-state index contributed by atoms with van der Waals surface area (Å²) in [5.74, 6) is 7.37. The van der Waals surface area contributed by atoms with E-state index in [0.29, 0.717) is 0 Å². The van der Waals surface area contributed by atoms with Gasteiger partial charge in [0.05, 0.1) is 0 Å². The Balaban J connectivity index is 0.000000320. The lowest BCUT2D eigenvalue weighted by Crippen LogP contribution is -2.41. The molecule has 0 aromatic heterocycles.